The van der Waals surface area contributed by atoms with E-state index in [-0.39, 0.29) is 6.04 Å². The number of nitrogens with one attached hydrogen (secondary N) is 1. The molecule has 1 aliphatic heterocycles. The Morgan fingerprint density at radius 3 is 2.85 bits per heavy atom. The molecule has 6 heteroatoms. The molecule has 2 rings (SSSR count). The number of aliphatic hydroxyl groups is 1. The summed E-state index contributed by atoms with van der Waals surface area (Å²) < 4.78 is 6.42. The predicted octanol–water partition coefficient (Wildman–Crippen LogP) is 2.37. The Morgan fingerprint density at radius 2 is 2.25 bits per heavy atom. The minimum atomic E-state index is -0.769. The van der Waals surface area contributed by atoms with Crippen LogP contribution in [0.4, 0.5) is 0 Å². The molecule has 0 saturated carbocycles. The van der Waals surface area contributed by atoms with Crippen LogP contribution in [0.1, 0.15) is 31.0 Å². The van der Waals surface area contributed by atoms with Gasteiger partial charge in [-0.2, -0.15) is 5.26 Å². The van der Waals surface area contributed by atoms with Crippen LogP contribution < -0.4 is 10.1 Å². The molecule has 1 heterocycles. The van der Waals surface area contributed by atoms with E-state index >= 15 is 0 Å². The maximum atomic E-state index is 10.5. The Kier molecular flexibility index (Phi) is 4.23. The number of hydrogen-bond acceptors (Lipinski definition) is 5. The van der Waals surface area contributed by atoms with E-state index in [4.69, 9.17) is 22.2 Å². The number of aliphatic hydroxyl groups excluding tert-OH is 1. The Labute approximate surface area is 128 Å². The summed E-state index contributed by atoms with van der Waals surface area (Å²) in [5.74, 6) is 0.667. The van der Waals surface area contributed by atoms with E-state index in [0.29, 0.717) is 15.6 Å². The van der Waals surface area contributed by atoms with Gasteiger partial charge < -0.3 is 15.2 Å². The minimum absolute atomic E-state index is 0.387. The van der Waals surface area contributed by atoms with Crippen molar-refractivity contribution < 1.29 is 9.84 Å². The van der Waals surface area contributed by atoms with Crippen molar-refractivity contribution in [2.75, 3.05) is 6.26 Å². The first-order valence-electron chi connectivity index (χ1n) is 6.14. The Morgan fingerprint density at radius 1 is 1.55 bits per heavy atom. The van der Waals surface area contributed by atoms with Crippen LogP contribution in [0.5, 0.6) is 5.75 Å². The third-order valence-corrected chi connectivity index (χ3v) is 4.44. The predicted molar refractivity (Wildman–Crippen MR) is 83.9 cm³/mol. The smallest absolute Gasteiger partial charge is 0.134 e. The van der Waals surface area contributed by atoms with Crippen LogP contribution in [-0.2, 0) is 0 Å². The number of nitrogens with zero attached hydrogens (tertiary/aromatic N) is 1. The van der Waals surface area contributed by atoms with Crippen LogP contribution in [-0.4, -0.2) is 27.4 Å². The Bertz CT molecular complexity index is 581. The summed E-state index contributed by atoms with van der Waals surface area (Å²) in [5, 5.41) is 22.7. The van der Waals surface area contributed by atoms with Crippen molar-refractivity contribution in [3.05, 3.63) is 29.3 Å². The van der Waals surface area contributed by atoms with Gasteiger partial charge in [0.05, 0.1) is 17.7 Å². The molecule has 0 saturated heterocycles. The van der Waals surface area contributed by atoms with Gasteiger partial charge in [-0.1, -0.05) is 12.2 Å². The molecule has 1 aromatic rings. The Hall–Kier alpha value is -1.29. The monoisotopic (exact) mass is 308 g/mol. The molecule has 4 nitrogen and oxygen atoms in total. The normalized spacial score (nSPS) is 23.1. The summed E-state index contributed by atoms with van der Waals surface area (Å²) in [7, 11) is 0. The van der Waals surface area contributed by atoms with Gasteiger partial charge in [-0.15, -0.1) is 11.8 Å². The van der Waals surface area contributed by atoms with Crippen LogP contribution in [0, 0.1) is 11.3 Å². The molecule has 0 aromatic heterocycles. The standard InChI is InChI=1S/C14H16N2O2S2/c1-14(2)12(17)11(16-13(19)20-3)9-6-8(7-15)4-5-10(9)18-14/h4-6,11-12,17H,1-3H3,(H,16,19). The molecule has 2 unspecified atom stereocenters. The van der Waals surface area contributed by atoms with Crippen LogP contribution in [0.15, 0.2) is 18.2 Å². The second-order valence-electron chi connectivity index (χ2n) is 5.13. The van der Waals surface area contributed by atoms with E-state index in [1.807, 2.05) is 20.1 Å². The van der Waals surface area contributed by atoms with E-state index < -0.39 is 11.7 Å². The number of hydrogen-bond donors (Lipinski definition) is 2. The highest BCUT2D eigenvalue weighted by molar-refractivity contribution is 8.22. The minimum Gasteiger partial charge on any atom is -0.485 e. The zero-order valence-corrected chi connectivity index (χ0v) is 13.1. The fraction of sp³-hybridized carbons (Fsp3) is 0.429. The van der Waals surface area contributed by atoms with Gasteiger partial charge >= 0.3 is 0 Å². The molecule has 0 fully saturated rings. The molecule has 20 heavy (non-hydrogen) atoms. The van der Waals surface area contributed by atoms with Crippen molar-refractivity contribution in [2.24, 2.45) is 0 Å². The molecule has 2 N–H and O–H groups in total. The summed E-state index contributed by atoms with van der Waals surface area (Å²) in [6.07, 6.45) is 1.10. The lowest BCUT2D eigenvalue weighted by Gasteiger charge is -2.42. The van der Waals surface area contributed by atoms with E-state index in [9.17, 15) is 5.11 Å². The lowest BCUT2D eigenvalue weighted by Crippen LogP contribution is -2.53. The Balaban J connectivity index is 2.48. The van der Waals surface area contributed by atoms with Crippen LogP contribution in [0.25, 0.3) is 0 Å². The number of rotatable bonds is 1. The summed E-state index contributed by atoms with van der Waals surface area (Å²) >= 11 is 6.60. The lowest BCUT2D eigenvalue weighted by atomic mass is 9.86. The number of nitriles is 1. The molecule has 0 radical (unpaired) electrons. The number of thiocarbonyl (C=S) groups is 1. The fourth-order valence-electron chi connectivity index (χ4n) is 2.21. The highest BCUT2D eigenvalue weighted by atomic mass is 32.2. The van der Waals surface area contributed by atoms with Crippen LogP contribution in [0.2, 0.25) is 0 Å². The molecule has 1 aliphatic rings. The van der Waals surface area contributed by atoms with Crippen LogP contribution in [0.3, 0.4) is 0 Å². The molecule has 0 spiro atoms. The molecule has 106 valence electrons. The number of ether oxygens (including phenoxy) is 1. The van der Waals surface area contributed by atoms with Gasteiger partial charge in [0.25, 0.3) is 0 Å². The molecular weight excluding hydrogens is 292 g/mol. The second kappa shape index (κ2) is 5.60. The topological polar surface area (TPSA) is 65.3 Å². The van der Waals surface area contributed by atoms with Crippen LogP contribution >= 0.6 is 24.0 Å². The molecule has 0 aliphatic carbocycles. The maximum Gasteiger partial charge on any atom is 0.134 e. The third kappa shape index (κ3) is 2.75. The summed E-state index contributed by atoms with van der Waals surface area (Å²) in [6.45, 7) is 3.66. The highest BCUT2D eigenvalue weighted by Crippen LogP contribution is 2.40. The van der Waals surface area contributed by atoms with Crippen molar-refractivity contribution in [3.8, 4) is 11.8 Å². The highest BCUT2D eigenvalue weighted by Gasteiger charge is 2.43. The lowest BCUT2D eigenvalue weighted by molar-refractivity contribution is -0.0607. The number of thioether (sulfide) groups is 1. The quantitative estimate of drug-likeness (QED) is 0.777. The van der Waals surface area contributed by atoms with E-state index in [0.717, 1.165) is 5.56 Å². The van der Waals surface area contributed by atoms with Gasteiger partial charge in [0.2, 0.25) is 0 Å². The van der Waals surface area contributed by atoms with Gasteiger partial charge in [0.1, 0.15) is 21.8 Å². The first kappa shape index (κ1) is 15.1. The summed E-state index contributed by atoms with van der Waals surface area (Å²) in [5.41, 5.74) is 0.556. The largest absolute Gasteiger partial charge is 0.485 e. The SMILES string of the molecule is CSC(=S)NC1c2cc(C#N)ccc2OC(C)(C)C1O. The van der Waals surface area contributed by atoms with Gasteiger partial charge in [0, 0.05) is 5.56 Å². The number of benzene rings is 1. The fourth-order valence-corrected chi connectivity index (χ4v) is 2.58. The van der Waals surface area contributed by atoms with E-state index in [1.54, 1.807) is 18.2 Å². The zero-order valence-electron chi connectivity index (χ0n) is 11.5. The molecule has 2 atom stereocenters. The zero-order chi connectivity index (χ0) is 14.9. The first-order chi connectivity index (χ1) is 9.39. The maximum absolute atomic E-state index is 10.5. The second-order valence-corrected chi connectivity index (χ2v) is 6.61. The van der Waals surface area contributed by atoms with Gasteiger partial charge in [0.15, 0.2) is 0 Å². The third-order valence-electron chi connectivity index (χ3n) is 3.33. The molecular formula is C14H16N2O2S2. The van der Waals surface area contributed by atoms with Crippen molar-refractivity contribution in [3.63, 3.8) is 0 Å². The van der Waals surface area contributed by atoms with Gasteiger partial charge in [-0.25, -0.2) is 0 Å². The van der Waals surface area contributed by atoms with Crippen molar-refractivity contribution >= 4 is 28.3 Å². The van der Waals surface area contributed by atoms with Crippen molar-refractivity contribution in [1.29, 1.82) is 5.26 Å². The summed E-state index contributed by atoms with van der Waals surface area (Å²) in [4.78, 5) is 0. The van der Waals surface area contributed by atoms with Gasteiger partial charge in [-0.3, -0.25) is 0 Å². The molecule has 0 bridgehead atoms. The van der Waals surface area contributed by atoms with Gasteiger partial charge in [-0.05, 0) is 38.3 Å². The van der Waals surface area contributed by atoms with Crippen molar-refractivity contribution in [1.82, 2.24) is 5.32 Å². The molecule has 1 aromatic carbocycles. The average molecular weight is 308 g/mol. The summed E-state index contributed by atoms with van der Waals surface area (Å²) in [6, 6.07) is 6.91. The van der Waals surface area contributed by atoms with E-state index in [2.05, 4.69) is 11.4 Å². The van der Waals surface area contributed by atoms with Crippen molar-refractivity contribution in [2.45, 2.75) is 31.6 Å². The van der Waals surface area contributed by atoms with E-state index in [1.165, 1.54) is 11.8 Å². The number of fused-ring (bicyclic) bond motifs is 1. The first-order valence-corrected chi connectivity index (χ1v) is 7.78. The molecule has 0 amide bonds. The average Bonchev–Trinajstić information content (AvgIpc) is 2.43.